The summed E-state index contributed by atoms with van der Waals surface area (Å²) in [7, 11) is 0. The average Bonchev–Trinajstić information content (AvgIpc) is 2.61. The van der Waals surface area contributed by atoms with Crippen LogP contribution in [0, 0.1) is 0 Å². The van der Waals surface area contributed by atoms with Crippen LogP contribution in [0.2, 0.25) is 0 Å². The van der Waals surface area contributed by atoms with Gasteiger partial charge in [0.25, 0.3) is 0 Å². The normalized spacial score (nSPS) is 10.7. The molecule has 0 amide bonds. The second-order valence-corrected chi connectivity index (χ2v) is 5.86. The van der Waals surface area contributed by atoms with Crippen LogP contribution in [-0.4, -0.2) is 5.11 Å². The summed E-state index contributed by atoms with van der Waals surface area (Å²) in [6, 6.07) is 24.7. The van der Waals surface area contributed by atoms with Gasteiger partial charge in [0.05, 0.1) is 0 Å². The molecule has 0 spiro atoms. The lowest BCUT2D eigenvalue weighted by Gasteiger charge is -2.15. The number of aromatic hydroxyl groups is 1. The molecule has 1 nitrogen and oxygen atoms in total. The van der Waals surface area contributed by atoms with Crippen molar-refractivity contribution in [3.05, 3.63) is 78.4 Å². The molecule has 0 fully saturated rings. The van der Waals surface area contributed by atoms with Gasteiger partial charge in [-0.25, -0.2) is 0 Å². The van der Waals surface area contributed by atoms with Gasteiger partial charge in [0.2, 0.25) is 0 Å². The number of unbranched alkanes of at least 4 members (excludes halogenated alkanes) is 1. The van der Waals surface area contributed by atoms with Crippen molar-refractivity contribution in [2.45, 2.75) is 26.2 Å². The Morgan fingerprint density at radius 1 is 0.739 bits per heavy atom. The summed E-state index contributed by atoms with van der Waals surface area (Å²) in [6.07, 6.45) is 3.10. The monoisotopic (exact) mass is 302 g/mol. The van der Waals surface area contributed by atoms with E-state index in [1.165, 1.54) is 0 Å². The van der Waals surface area contributed by atoms with E-state index in [4.69, 9.17) is 0 Å². The largest absolute Gasteiger partial charge is 0.508 e. The van der Waals surface area contributed by atoms with Gasteiger partial charge < -0.3 is 5.11 Å². The molecule has 1 N–H and O–H groups in total. The molecule has 0 radical (unpaired) electrons. The van der Waals surface area contributed by atoms with Crippen molar-refractivity contribution in [2.75, 3.05) is 0 Å². The number of rotatable bonds is 5. The first-order valence-corrected chi connectivity index (χ1v) is 8.26. The molecule has 0 aliphatic carbocycles. The molecule has 0 aliphatic heterocycles. The third-order valence-corrected chi connectivity index (χ3v) is 4.20. The first-order chi connectivity index (χ1) is 11.3. The zero-order valence-corrected chi connectivity index (χ0v) is 13.5. The molecule has 3 aromatic rings. The zero-order chi connectivity index (χ0) is 16.1. The van der Waals surface area contributed by atoms with E-state index in [0.29, 0.717) is 5.75 Å². The van der Waals surface area contributed by atoms with E-state index < -0.39 is 0 Å². The Hall–Kier alpha value is -2.54. The summed E-state index contributed by atoms with van der Waals surface area (Å²) in [4.78, 5) is 0. The Labute approximate surface area is 138 Å². The Bertz CT molecular complexity index is 761. The highest BCUT2D eigenvalue weighted by molar-refractivity contribution is 5.78. The molecule has 0 aliphatic rings. The third kappa shape index (κ3) is 3.45. The Balaban J connectivity index is 2.14. The van der Waals surface area contributed by atoms with Crippen molar-refractivity contribution >= 4 is 0 Å². The van der Waals surface area contributed by atoms with Crippen LogP contribution in [0.1, 0.15) is 25.3 Å². The second kappa shape index (κ2) is 7.15. The first kappa shape index (κ1) is 15.4. The van der Waals surface area contributed by atoms with Gasteiger partial charge in [-0.05, 0) is 47.2 Å². The van der Waals surface area contributed by atoms with Gasteiger partial charge in [0, 0.05) is 5.56 Å². The summed E-state index contributed by atoms with van der Waals surface area (Å²) < 4.78 is 0. The highest BCUT2D eigenvalue weighted by Crippen LogP contribution is 2.36. The Morgan fingerprint density at radius 2 is 1.35 bits per heavy atom. The lowest BCUT2D eigenvalue weighted by atomic mass is 9.91. The number of phenols is 1. The molecule has 116 valence electrons. The third-order valence-electron chi connectivity index (χ3n) is 4.20. The summed E-state index contributed by atoms with van der Waals surface area (Å²) in [5.74, 6) is 0.402. The fourth-order valence-electron chi connectivity index (χ4n) is 2.95. The molecule has 3 aromatic carbocycles. The van der Waals surface area contributed by atoms with Crippen LogP contribution >= 0.6 is 0 Å². The number of phenolic OH excluding ortho intramolecular Hbond substituents is 1. The molecule has 3 rings (SSSR count). The maximum absolute atomic E-state index is 10.6. The van der Waals surface area contributed by atoms with E-state index in [1.807, 2.05) is 42.5 Å². The van der Waals surface area contributed by atoms with Gasteiger partial charge >= 0.3 is 0 Å². The van der Waals surface area contributed by atoms with Crippen molar-refractivity contribution in [3.8, 4) is 28.0 Å². The molecule has 1 heteroatoms. The average molecular weight is 302 g/mol. The molecule has 0 heterocycles. The van der Waals surface area contributed by atoms with E-state index >= 15 is 0 Å². The Morgan fingerprint density at radius 3 is 1.96 bits per heavy atom. The maximum Gasteiger partial charge on any atom is 0.120 e. The molecule has 0 bridgehead atoms. The van der Waals surface area contributed by atoms with Gasteiger partial charge in [0.15, 0.2) is 0 Å². The van der Waals surface area contributed by atoms with Crippen LogP contribution < -0.4 is 0 Å². The highest BCUT2D eigenvalue weighted by atomic mass is 16.3. The van der Waals surface area contributed by atoms with Crippen LogP contribution in [0.4, 0.5) is 0 Å². The number of hydrogen-bond donors (Lipinski definition) is 1. The summed E-state index contributed by atoms with van der Waals surface area (Å²) in [5, 5.41) is 10.6. The van der Waals surface area contributed by atoms with E-state index in [0.717, 1.165) is 47.1 Å². The van der Waals surface area contributed by atoms with Crippen LogP contribution in [0.25, 0.3) is 22.3 Å². The molecule has 0 saturated carbocycles. The summed E-state index contributed by atoms with van der Waals surface area (Å²) in [5.41, 5.74) is 5.53. The van der Waals surface area contributed by atoms with E-state index in [9.17, 15) is 5.11 Å². The fraction of sp³-hybridized carbons (Fsp3) is 0.182. The topological polar surface area (TPSA) is 20.2 Å². The van der Waals surface area contributed by atoms with Crippen LogP contribution in [0.3, 0.4) is 0 Å². The maximum atomic E-state index is 10.6. The van der Waals surface area contributed by atoms with Gasteiger partial charge in [0.1, 0.15) is 5.75 Å². The lowest BCUT2D eigenvalue weighted by Crippen LogP contribution is -1.93. The van der Waals surface area contributed by atoms with Gasteiger partial charge in [-0.1, -0.05) is 74.0 Å². The molecule has 0 aromatic heterocycles. The predicted molar refractivity (Wildman–Crippen MR) is 97.6 cm³/mol. The van der Waals surface area contributed by atoms with Gasteiger partial charge in [-0.15, -0.1) is 0 Å². The smallest absolute Gasteiger partial charge is 0.120 e. The summed E-state index contributed by atoms with van der Waals surface area (Å²) in [6.45, 7) is 2.18. The van der Waals surface area contributed by atoms with E-state index in [1.54, 1.807) is 0 Å². The van der Waals surface area contributed by atoms with Crippen LogP contribution in [0.15, 0.2) is 72.8 Å². The number of benzene rings is 3. The van der Waals surface area contributed by atoms with Crippen molar-refractivity contribution < 1.29 is 5.11 Å². The minimum Gasteiger partial charge on any atom is -0.508 e. The van der Waals surface area contributed by atoms with Gasteiger partial charge in [-0.3, -0.25) is 0 Å². The molecule has 23 heavy (non-hydrogen) atoms. The molecule has 0 unspecified atom stereocenters. The van der Waals surface area contributed by atoms with E-state index in [-0.39, 0.29) is 0 Å². The van der Waals surface area contributed by atoms with Crippen molar-refractivity contribution in [1.82, 2.24) is 0 Å². The fourth-order valence-corrected chi connectivity index (χ4v) is 2.95. The molecule has 0 atom stereocenters. The minimum atomic E-state index is 0.402. The van der Waals surface area contributed by atoms with E-state index in [2.05, 4.69) is 37.3 Å². The van der Waals surface area contributed by atoms with Crippen LogP contribution in [-0.2, 0) is 6.42 Å². The molecular formula is C22H22O. The highest BCUT2D eigenvalue weighted by Gasteiger charge is 2.12. The van der Waals surface area contributed by atoms with Gasteiger partial charge in [-0.2, -0.15) is 0 Å². The summed E-state index contributed by atoms with van der Waals surface area (Å²) >= 11 is 0. The van der Waals surface area contributed by atoms with Crippen molar-refractivity contribution in [2.24, 2.45) is 0 Å². The second-order valence-electron chi connectivity index (χ2n) is 5.86. The standard InChI is InChI=1S/C22H22O/c1-2-3-14-20-21(18-12-8-5-9-13-18)15-19(16-22(20)23)17-10-6-4-7-11-17/h4-13,15-16,23H,2-3,14H2,1H3. The van der Waals surface area contributed by atoms with Crippen molar-refractivity contribution in [3.63, 3.8) is 0 Å². The quantitative estimate of drug-likeness (QED) is 0.606. The van der Waals surface area contributed by atoms with Crippen molar-refractivity contribution in [1.29, 1.82) is 0 Å². The Kier molecular flexibility index (Phi) is 4.77. The lowest BCUT2D eigenvalue weighted by molar-refractivity contribution is 0.467. The zero-order valence-electron chi connectivity index (χ0n) is 13.5. The number of hydrogen-bond acceptors (Lipinski definition) is 1. The predicted octanol–water partition coefficient (Wildman–Crippen LogP) is 6.07. The SMILES string of the molecule is CCCCc1c(O)cc(-c2ccccc2)cc1-c1ccccc1. The molecular weight excluding hydrogens is 280 g/mol. The minimum absolute atomic E-state index is 0.402. The molecule has 0 saturated heterocycles. The van der Waals surface area contributed by atoms with Crippen LogP contribution in [0.5, 0.6) is 5.75 Å². The first-order valence-electron chi connectivity index (χ1n) is 8.26.